The zero-order chi connectivity index (χ0) is 24.4. The lowest BCUT2D eigenvalue weighted by Gasteiger charge is -2.12. The molecule has 3 aromatic rings. The Morgan fingerprint density at radius 3 is 2.24 bits per heavy atom. The average Bonchev–Trinajstić information content (AvgIpc) is 2.73. The van der Waals surface area contributed by atoms with Crippen LogP contribution in [-0.2, 0) is 16.2 Å². The molecule has 33 heavy (non-hydrogen) atoms. The molecule has 172 valence electrons. The molecule has 0 saturated carbocycles. The average molecular weight is 498 g/mol. The molecule has 0 radical (unpaired) electrons. The van der Waals surface area contributed by atoms with E-state index >= 15 is 0 Å². The highest BCUT2D eigenvalue weighted by Gasteiger charge is 2.30. The number of halogens is 4. The van der Waals surface area contributed by atoms with E-state index < -0.39 is 44.1 Å². The van der Waals surface area contributed by atoms with Crippen LogP contribution >= 0.6 is 11.6 Å². The molecule has 7 nitrogen and oxygen atoms in total. The topological polar surface area (TPSA) is 115 Å². The lowest BCUT2D eigenvalue weighted by Crippen LogP contribution is -2.23. The number of sulfonamides is 1. The van der Waals surface area contributed by atoms with E-state index in [-0.39, 0.29) is 22.0 Å². The lowest BCUT2D eigenvalue weighted by molar-refractivity contribution is -0.255. The summed E-state index contributed by atoms with van der Waals surface area (Å²) in [5.74, 6) is -2.44. The summed E-state index contributed by atoms with van der Waals surface area (Å²) in [6, 6.07) is 12.2. The van der Waals surface area contributed by atoms with E-state index in [0.717, 1.165) is 42.5 Å². The van der Waals surface area contributed by atoms with Crippen LogP contribution in [0.25, 0.3) is 0 Å². The maximum absolute atomic E-state index is 12.8. The molecule has 3 aromatic carbocycles. The number of carbonyl (C=O) groups is 2. The third-order valence-corrected chi connectivity index (χ3v) is 6.00. The number of alkyl halides is 3. The number of hydrogen-bond donors (Lipinski definition) is 2. The number of carboxylic acids is 1. The van der Waals surface area contributed by atoms with Gasteiger partial charge in [-0.15, -0.1) is 0 Å². The summed E-state index contributed by atoms with van der Waals surface area (Å²) < 4.78 is 66.0. The van der Waals surface area contributed by atoms with E-state index in [9.17, 15) is 36.3 Å². The maximum atomic E-state index is 12.8. The van der Waals surface area contributed by atoms with Crippen molar-refractivity contribution in [3.8, 4) is 0 Å². The maximum Gasteiger partial charge on any atom is 0.416 e. The standard InChI is InChI=1S/C21H14ClF3N2O5S/c22-18-8-7-16(11-17(18)20(29)30)33(31,32)27-15-6-1-3-12(9-15)19(28)26-14-5-2-4-13(10-14)21(23,24)25/h1-11,27H,(H,26,28)(H,29,30)/p-1. The predicted molar refractivity (Wildman–Crippen MR) is 112 cm³/mol. The van der Waals surface area contributed by atoms with Crippen LogP contribution in [0, 0.1) is 0 Å². The van der Waals surface area contributed by atoms with Crippen LogP contribution in [0.15, 0.2) is 71.6 Å². The highest BCUT2D eigenvalue weighted by atomic mass is 35.5. The summed E-state index contributed by atoms with van der Waals surface area (Å²) in [4.78, 5) is 23.1. The summed E-state index contributed by atoms with van der Waals surface area (Å²) >= 11 is 5.72. The minimum atomic E-state index is -4.59. The van der Waals surface area contributed by atoms with E-state index in [1.54, 1.807) is 0 Å². The van der Waals surface area contributed by atoms with Crippen molar-refractivity contribution in [3.05, 3.63) is 88.4 Å². The summed E-state index contributed by atoms with van der Waals surface area (Å²) in [6.45, 7) is 0. The molecule has 0 aromatic heterocycles. The summed E-state index contributed by atoms with van der Waals surface area (Å²) in [6.07, 6.45) is -4.59. The first kappa shape index (κ1) is 24.1. The van der Waals surface area contributed by atoms with Gasteiger partial charge in [0.2, 0.25) is 0 Å². The van der Waals surface area contributed by atoms with E-state index in [4.69, 9.17) is 11.6 Å². The molecule has 0 atom stereocenters. The lowest BCUT2D eigenvalue weighted by atomic mass is 10.1. The molecule has 0 aliphatic heterocycles. The van der Waals surface area contributed by atoms with Gasteiger partial charge in [-0.05, 0) is 54.6 Å². The van der Waals surface area contributed by atoms with Gasteiger partial charge in [-0.25, -0.2) is 8.42 Å². The van der Waals surface area contributed by atoms with Gasteiger partial charge in [-0.1, -0.05) is 23.7 Å². The number of nitrogens with one attached hydrogen (secondary N) is 2. The first-order valence-corrected chi connectivity index (χ1v) is 10.9. The Morgan fingerprint density at radius 1 is 0.909 bits per heavy atom. The molecule has 2 N–H and O–H groups in total. The highest BCUT2D eigenvalue weighted by Crippen LogP contribution is 2.31. The quantitative estimate of drug-likeness (QED) is 0.538. The van der Waals surface area contributed by atoms with Crippen molar-refractivity contribution in [3.63, 3.8) is 0 Å². The molecule has 0 aliphatic rings. The third-order valence-electron chi connectivity index (χ3n) is 4.29. The van der Waals surface area contributed by atoms with E-state index in [2.05, 4.69) is 10.0 Å². The first-order valence-electron chi connectivity index (χ1n) is 8.99. The monoisotopic (exact) mass is 497 g/mol. The second-order valence-electron chi connectivity index (χ2n) is 6.65. The third kappa shape index (κ3) is 5.82. The molecular weight excluding hydrogens is 485 g/mol. The Balaban J connectivity index is 1.82. The highest BCUT2D eigenvalue weighted by molar-refractivity contribution is 7.92. The van der Waals surface area contributed by atoms with E-state index in [1.165, 1.54) is 24.3 Å². The van der Waals surface area contributed by atoms with Crippen LogP contribution in [0.4, 0.5) is 24.5 Å². The van der Waals surface area contributed by atoms with Gasteiger partial charge in [0.25, 0.3) is 15.9 Å². The number of aromatic carboxylic acids is 1. The molecule has 1 amide bonds. The van der Waals surface area contributed by atoms with Crippen molar-refractivity contribution in [1.29, 1.82) is 0 Å². The summed E-state index contributed by atoms with van der Waals surface area (Å²) in [5, 5.41) is 13.2. The molecule has 0 heterocycles. The number of amides is 1. The van der Waals surface area contributed by atoms with Crippen LogP contribution in [-0.4, -0.2) is 20.3 Å². The zero-order valence-corrected chi connectivity index (χ0v) is 17.9. The normalized spacial score (nSPS) is 11.6. The van der Waals surface area contributed by atoms with Gasteiger partial charge >= 0.3 is 6.18 Å². The van der Waals surface area contributed by atoms with Crippen LogP contribution in [0.5, 0.6) is 0 Å². The SMILES string of the molecule is O=C(Nc1cccc(C(F)(F)F)c1)c1cccc(NS(=O)(=O)c2ccc(Cl)c(C(=O)[O-])c2)c1. The van der Waals surface area contributed by atoms with Crippen LogP contribution in [0.3, 0.4) is 0 Å². The fourth-order valence-electron chi connectivity index (χ4n) is 2.74. The smallest absolute Gasteiger partial charge is 0.416 e. The fourth-order valence-corrected chi connectivity index (χ4v) is 4.01. The molecule has 0 bridgehead atoms. The fraction of sp³-hybridized carbons (Fsp3) is 0.0476. The Hall–Kier alpha value is -3.57. The second kappa shape index (κ2) is 9.12. The second-order valence-corrected chi connectivity index (χ2v) is 8.74. The first-order chi connectivity index (χ1) is 15.4. The van der Waals surface area contributed by atoms with Crippen molar-refractivity contribution in [2.24, 2.45) is 0 Å². The molecule has 0 spiro atoms. The predicted octanol–water partition coefficient (Wildman–Crippen LogP) is 3.78. The van der Waals surface area contributed by atoms with Gasteiger partial charge in [0.05, 0.1) is 16.4 Å². The Kier molecular flexibility index (Phi) is 6.65. The van der Waals surface area contributed by atoms with Gasteiger partial charge in [-0.2, -0.15) is 13.2 Å². The van der Waals surface area contributed by atoms with Gasteiger partial charge < -0.3 is 15.2 Å². The number of carbonyl (C=O) groups excluding carboxylic acids is 2. The molecule has 0 fully saturated rings. The molecule has 0 saturated heterocycles. The van der Waals surface area contributed by atoms with Crippen molar-refractivity contribution in [2.75, 3.05) is 10.0 Å². The van der Waals surface area contributed by atoms with Gasteiger partial charge in [-0.3, -0.25) is 9.52 Å². The Labute approximate surface area is 190 Å². The number of anilines is 2. The summed E-state index contributed by atoms with van der Waals surface area (Å²) in [7, 11) is -4.27. The minimum absolute atomic E-state index is 0.0425. The molecule has 3 rings (SSSR count). The molecule has 12 heteroatoms. The van der Waals surface area contributed by atoms with Gasteiger partial charge in [0.1, 0.15) is 0 Å². The van der Waals surface area contributed by atoms with Crippen LogP contribution < -0.4 is 15.1 Å². The zero-order valence-electron chi connectivity index (χ0n) is 16.3. The van der Waals surface area contributed by atoms with Gasteiger partial charge in [0, 0.05) is 27.5 Å². The largest absolute Gasteiger partial charge is 0.545 e. The molecule has 0 unspecified atom stereocenters. The minimum Gasteiger partial charge on any atom is -0.545 e. The Bertz CT molecular complexity index is 1340. The van der Waals surface area contributed by atoms with E-state index in [0.29, 0.717) is 0 Å². The number of benzene rings is 3. The van der Waals surface area contributed by atoms with Crippen LogP contribution in [0.2, 0.25) is 5.02 Å². The molecular formula is C21H13ClF3N2O5S-. The van der Waals surface area contributed by atoms with Gasteiger partial charge in [0.15, 0.2) is 0 Å². The van der Waals surface area contributed by atoms with Crippen molar-refractivity contribution in [1.82, 2.24) is 0 Å². The number of carboxylic acid groups (broad SMARTS) is 1. The number of rotatable bonds is 6. The van der Waals surface area contributed by atoms with Crippen molar-refractivity contribution < 1.29 is 36.3 Å². The number of hydrogen-bond acceptors (Lipinski definition) is 5. The van der Waals surface area contributed by atoms with E-state index in [1.807, 2.05) is 0 Å². The van der Waals surface area contributed by atoms with Crippen molar-refractivity contribution in [2.45, 2.75) is 11.1 Å². The Morgan fingerprint density at radius 2 is 1.58 bits per heavy atom. The summed E-state index contributed by atoms with van der Waals surface area (Å²) in [5.41, 5.74) is -1.65. The van der Waals surface area contributed by atoms with Crippen molar-refractivity contribution >= 4 is 44.9 Å². The van der Waals surface area contributed by atoms with Crippen LogP contribution in [0.1, 0.15) is 26.3 Å². The molecule has 0 aliphatic carbocycles.